The molecule has 170 valence electrons. The standard InChI is InChI=1S/C30H26ClNS2/c1-20-16-17-23(31)18-28(20)34-30(33-2)25-15-9-14-24-26(21-10-5-3-6-11-21)19-27(32-29(24)25)22-12-7-4-8-13-22/h3-8,10-13,16-19H,9,14-15H2,1-2H3. The lowest BCUT2D eigenvalue weighted by molar-refractivity contribution is 0.811. The molecule has 1 nitrogen and oxygen atoms in total. The number of thioether (sulfide) groups is 2. The summed E-state index contributed by atoms with van der Waals surface area (Å²) < 4.78 is 1.31. The first-order valence-electron chi connectivity index (χ1n) is 11.5. The number of pyridine rings is 1. The number of fused-ring (bicyclic) bond motifs is 1. The van der Waals surface area contributed by atoms with E-state index in [1.807, 2.05) is 29.6 Å². The van der Waals surface area contributed by atoms with Gasteiger partial charge in [-0.2, -0.15) is 0 Å². The molecule has 1 aromatic heterocycles. The minimum atomic E-state index is 0.776. The second-order valence-corrected chi connectivity index (χ2v) is 11.0. The largest absolute Gasteiger partial charge is 0.248 e. The number of benzene rings is 3. The summed E-state index contributed by atoms with van der Waals surface area (Å²) in [6.07, 6.45) is 5.39. The van der Waals surface area contributed by atoms with E-state index in [2.05, 4.69) is 92.0 Å². The molecule has 5 rings (SSSR count). The summed E-state index contributed by atoms with van der Waals surface area (Å²) in [5.41, 5.74) is 9.85. The van der Waals surface area contributed by atoms with Crippen molar-refractivity contribution in [2.45, 2.75) is 31.1 Å². The van der Waals surface area contributed by atoms with E-state index in [0.29, 0.717) is 0 Å². The van der Waals surface area contributed by atoms with E-state index in [1.54, 1.807) is 0 Å². The van der Waals surface area contributed by atoms with E-state index in [0.717, 1.165) is 41.2 Å². The number of aryl methyl sites for hydroxylation is 1. The first-order valence-corrected chi connectivity index (χ1v) is 13.9. The van der Waals surface area contributed by atoms with Gasteiger partial charge in [0.15, 0.2) is 0 Å². The van der Waals surface area contributed by atoms with Gasteiger partial charge in [-0.05, 0) is 78.5 Å². The highest BCUT2D eigenvalue weighted by Crippen LogP contribution is 2.46. The quantitative estimate of drug-likeness (QED) is 0.254. The first kappa shape index (κ1) is 23.3. The number of rotatable bonds is 5. The fourth-order valence-electron chi connectivity index (χ4n) is 4.48. The van der Waals surface area contributed by atoms with Crippen LogP contribution >= 0.6 is 35.1 Å². The monoisotopic (exact) mass is 499 g/mol. The SMILES string of the molecule is CSC(Sc1cc(Cl)ccc1C)=C1CCCc2c(-c3ccccc3)cc(-c3ccccc3)nc21. The summed E-state index contributed by atoms with van der Waals surface area (Å²) in [7, 11) is 0. The Morgan fingerprint density at radius 3 is 2.26 bits per heavy atom. The van der Waals surface area contributed by atoms with Crippen molar-refractivity contribution in [1.82, 2.24) is 4.98 Å². The van der Waals surface area contributed by atoms with Gasteiger partial charge in [0.05, 0.1) is 15.6 Å². The number of aromatic nitrogens is 1. The summed E-state index contributed by atoms with van der Waals surface area (Å²) in [5, 5.41) is 0.776. The van der Waals surface area contributed by atoms with Gasteiger partial charge in [0.25, 0.3) is 0 Å². The molecule has 0 spiro atoms. The van der Waals surface area contributed by atoms with Crippen molar-refractivity contribution >= 4 is 40.7 Å². The molecule has 3 aromatic carbocycles. The molecule has 4 aromatic rings. The summed E-state index contributed by atoms with van der Waals surface area (Å²) in [6.45, 7) is 2.15. The van der Waals surface area contributed by atoms with Crippen molar-refractivity contribution in [3.05, 3.63) is 111 Å². The second kappa shape index (κ2) is 10.4. The molecule has 0 radical (unpaired) electrons. The minimum Gasteiger partial charge on any atom is -0.248 e. The van der Waals surface area contributed by atoms with Crippen molar-refractivity contribution < 1.29 is 0 Å². The third kappa shape index (κ3) is 4.84. The highest BCUT2D eigenvalue weighted by Gasteiger charge is 2.24. The number of hydrogen-bond donors (Lipinski definition) is 0. The lowest BCUT2D eigenvalue weighted by atomic mass is 9.86. The number of hydrogen-bond acceptors (Lipinski definition) is 3. The van der Waals surface area contributed by atoms with Gasteiger partial charge in [-0.25, -0.2) is 4.98 Å². The molecule has 0 bridgehead atoms. The Morgan fingerprint density at radius 1 is 0.853 bits per heavy atom. The zero-order valence-corrected chi connectivity index (χ0v) is 21.7. The maximum atomic E-state index is 6.34. The van der Waals surface area contributed by atoms with Crippen molar-refractivity contribution in [2.75, 3.05) is 6.26 Å². The van der Waals surface area contributed by atoms with Gasteiger partial charge in [0.2, 0.25) is 0 Å². The van der Waals surface area contributed by atoms with Crippen molar-refractivity contribution in [2.24, 2.45) is 0 Å². The second-order valence-electron chi connectivity index (χ2n) is 8.45. The molecule has 1 heterocycles. The third-order valence-electron chi connectivity index (χ3n) is 6.20. The summed E-state index contributed by atoms with van der Waals surface area (Å²) in [5.74, 6) is 0. The Bertz CT molecular complexity index is 1350. The lowest BCUT2D eigenvalue weighted by Crippen LogP contribution is -2.09. The van der Waals surface area contributed by atoms with Gasteiger partial charge < -0.3 is 0 Å². The molecule has 0 unspecified atom stereocenters. The van der Waals surface area contributed by atoms with Crippen LogP contribution < -0.4 is 0 Å². The fraction of sp³-hybridized carbons (Fsp3) is 0.167. The first-order chi connectivity index (χ1) is 16.6. The number of nitrogens with zero attached hydrogens (tertiary/aromatic N) is 1. The predicted octanol–water partition coefficient (Wildman–Crippen LogP) is 9.54. The Balaban J connectivity index is 1.71. The molecule has 34 heavy (non-hydrogen) atoms. The third-order valence-corrected chi connectivity index (χ3v) is 8.90. The van der Waals surface area contributed by atoms with Crippen LogP contribution in [0.5, 0.6) is 0 Å². The summed E-state index contributed by atoms with van der Waals surface area (Å²) >= 11 is 9.97. The van der Waals surface area contributed by atoms with E-state index in [-0.39, 0.29) is 0 Å². The van der Waals surface area contributed by atoms with Gasteiger partial charge in [0.1, 0.15) is 0 Å². The molecule has 0 aliphatic heterocycles. The smallest absolute Gasteiger partial charge is 0.0723 e. The van der Waals surface area contributed by atoms with Gasteiger partial charge in [0, 0.05) is 15.5 Å². The highest BCUT2D eigenvalue weighted by atomic mass is 35.5. The van der Waals surface area contributed by atoms with E-state index in [4.69, 9.17) is 16.6 Å². The van der Waals surface area contributed by atoms with Crippen LogP contribution in [0.3, 0.4) is 0 Å². The predicted molar refractivity (Wildman–Crippen MR) is 151 cm³/mol. The van der Waals surface area contributed by atoms with Crippen molar-refractivity contribution in [1.29, 1.82) is 0 Å². The molecule has 0 saturated heterocycles. The fourth-order valence-corrected chi connectivity index (χ4v) is 6.70. The molecule has 0 N–H and O–H groups in total. The normalized spacial score (nSPS) is 14.6. The molecule has 1 aliphatic carbocycles. The lowest BCUT2D eigenvalue weighted by Gasteiger charge is -2.25. The molecular weight excluding hydrogens is 474 g/mol. The van der Waals surface area contributed by atoms with E-state index >= 15 is 0 Å². The zero-order valence-electron chi connectivity index (χ0n) is 19.3. The van der Waals surface area contributed by atoms with Crippen LogP contribution in [0.1, 0.15) is 29.7 Å². The van der Waals surface area contributed by atoms with E-state index < -0.39 is 0 Å². The van der Waals surface area contributed by atoms with Crippen molar-refractivity contribution in [3.8, 4) is 22.4 Å². The van der Waals surface area contributed by atoms with Gasteiger partial charge in [-0.3, -0.25) is 0 Å². The van der Waals surface area contributed by atoms with Crippen LogP contribution in [0.4, 0.5) is 0 Å². The summed E-state index contributed by atoms with van der Waals surface area (Å²) in [6, 6.07) is 29.7. The van der Waals surface area contributed by atoms with Crippen LogP contribution in [-0.2, 0) is 6.42 Å². The summed E-state index contributed by atoms with van der Waals surface area (Å²) in [4.78, 5) is 6.50. The van der Waals surface area contributed by atoms with Crippen LogP contribution in [0.2, 0.25) is 5.02 Å². The average molecular weight is 500 g/mol. The Morgan fingerprint density at radius 2 is 1.56 bits per heavy atom. The Labute approximate surface area is 215 Å². The highest BCUT2D eigenvalue weighted by molar-refractivity contribution is 8.22. The average Bonchev–Trinajstić information content (AvgIpc) is 2.89. The Hall–Kier alpha value is -2.46. The maximum Gasteiger partial charge on any atom is 0.0723 e. The molecule has 4 heteroatoms. The van der Waals surface area contributed by atoms with Crippen LogP contribution in [0.25, 0.3) is 28.0 Å². The number of allylic oxidation sites excluding steroid dienone is 1. The Kier molecular flexibility index (Phi) is 7.15. The molecular formula is C30H26ClNS2. The number of halogens is 1. The van der Waals surface area contributed by atoms with Crippen LogP contribution in [0.15, 0.2) is 94.1 Å². The minimum absolute atomic E-state index is 0.776. The van der Waals surface area contributed by atoms with Gasteiger partial charge in [-0.1, -0.05) is 90.1 Å². The zero-order chi connectivity index (χ0) is 23.5. The van der Waals surface area contributed by atoms with Gasteiger partial charge in [-0.15, -0.1) is 11.8 Å². The maximum absolute atomic E-state index is 6.34. The van der Waals surface area contributed by atoms with Crippen LogP contribution in [0, 0.1) is 6.92 Å². The van der Waals surface area contributed by atoms with Crippen molar-refractivity contribution in [3.63, 3.8) is 0 Å². The van der Waals surface area contributed by atoms with E-state index in [1.165, 1.54) is 37.0 Å². The van der Waals surface area contributed by atoms with Crippen LogP contribution in [-0.4, -0.2) is 11.2 Å². The molecule has 0 amide bonds. The molecule has 0 saturated carbocycles. The van der Waals surface area contributed by atoms with E-state index in [9.17, 15) is 0 Å². The van der Waals surface area contributed by atoms with Gasteiger partial charge >= 0.3 is 0 Å². The molecule has 1 aliphatic rings. The molecule has 0 atom stereocenters. The molecule has 0 fully saturated rings. The topological polar surface area (TPSA) is 12.9 Å².